The van der Waals surface area contributed by atoms with Crippen LogP contribution in [0, 0.1) is 5.92 Å². The lowest BCUT2D eigenvalue weighted by Gasteiger charge is -2.17. The minimum Gasteiger partial charge on any atom is -1.00 e. The molecule has 0 heterocycles. The Hall–Kier alpha value is -1.34. The zero-order valence-corrected chi connectivity index (χ0v) is 10.6. The number of carboxylic acid groups (broad SMARTS) is 1. The highest BCUT2D eigenvalue weighted by Crippen LogP contribution is 2.00. The van der Waals surface area contributed by atoms with Gasteiger partial charge in [-0.3, -0.25) is 9.59 Å². The molecule has 1 atom stereocenters. The Morgan fingerprint density at radius 2 is 1.76 bits per heavy atom. The van der Waals surface area contributed by atoms with Crippen molar-refractivity contribution in [3.8, 4) is 0 Å². The number of carbonyl (C=O) groups is 3. The van der Waals surface area contributed by atoms with E-state index in [1.807, 2.05) is 0 Å². The molecule has 2 amide bonds. The lowest BCUT2D eigenvalue weighted by molar-refractivity contribution is -0.355. The first-order valence-electron chi connectivity index (χ1n) is 4.96. The molecule has 0 bridgehead atoms. The number of halogens is 1. The molecule has 0 aromatic rings. The average molecular weight is 268 g/mol. The van der Waals surface area contributed by atoms with E-state index in [2.05, 4.69) is 16.4 Å². The number of amides is 2. The molecule has 8 heteroatoms. The average Bonchev–Trinajstić information content (AvgIpc) is 2.21. The molecule has 0 saturated heterocycles. The van der Waals surface area contributed by atoms with E-state index in [9.17, 15) is 14.4 Å². The maximum absolute atomic E-state index is 11.3. The van der Waals surface area contributed by atoms with Crippen molar-refractivity contribution in [1.29, 1.82) is 0 Å². The van der Waals surface area contributed by atoms with Gasteiger partial charge in [0.25, 0.3) is 5.91 Å². The summed E-state index contributed by atoms with van der Waals surface area (Å²) >= 11 is 0. The van der Waals surface area contributed by atoms with E-state index in [0.717, 1.165) is 0 Å². The maximum Gasteiger partial charge on any atom is 0.326 e. The van der Waals surface area contributed by atoms with Crippen molar-refractivity contribution in [1.82, 2.24) is 10.6 Å². The molecule has 100 valence electrons. The summed E-state index contributed by atoms with van der Waals surface area (Å²) in [5, 5.41) is 13.4. The highest BCUT2D eigenvalue weighted by Gasteiger charge is 2.23. The zero-order valence-electron chi connectivity index (χ0n) is 9.83. The molecule has 0 spiro atoms. The Morgan fingerprint density at radius 1 is 1.24 bits per heavy atom. The topological polar surface area (TPSA) is 123 Å². The van der Waals surface area contributed by atoms with E-state index in [-0.39, 0.29) is 37.3 Å². The first-order chi connectivity index (χ1) is 7.38. The molecule has 0 saturated carbocycles. The monoisotopic (exact) mass is 267 g/mol. The van der Waals surface area contributed by atoms with Gasteiger partial charge in [0, 0.05) is 0 Å². The van der Waals surface area contributed by atoms with Crippen LogP contribution in [0.4, 0.5) is 0 Å². The number of nitrogens with one attached hydrogen (secondary N) is 2. The molecule has 0 fully saturated rings. The smallest absolute Gasteiger partial charge is 0.326 e. The third kappa shape index (κ3) is 7.53. The van der Waals surface area contributed by atoms with Crippen molar-refractivity contribution in [3.63, 3.8) is 0 Å². The van der Waals surface area contributed by atoms with Gasteiger partial charge in [-0.15, -0.1) is 0 Å². The van der Waals surface area contributed by atoms with Crippen LogP contribution >= 0.6 is 0 Å². The van der Waals surface area contributed by atoms with Gasteiger partial charge in [-0.1, -0.05) is 13.8 Å². The van der Waals surface area contributed by atoms with Crippen LogP contribution < -0.4 is 28.8 Å². The van der Waals surface area contributed by atoms with Gasteiger partial charge in [-0.2, -0.15) is 0 Å². The quantitative estimate of drug-likeness (QED) is 0.383. The van der Waals surface area contributed by atoms with Crippen molar-refractivity contribution in [2.75, 3.05) is 13.1 Å². The molecule has 6 N–H and O–H groups in total. The number of hydrogen-bond donors (Lipinski definition) is 4. The van der Waals surface area contributed by atoms with Crippen molar-refractivity contribution in [2.45, 2.75) is 19.9 Å². The Morgan fingerprint density at radius 3 is 2.12 bits per heavy atom. The molecule has 0 aliphatic rings. The molecule has 17 heavy (non-hydrogen) atoms. The van der Waals surface area contributed by atoms with Crippen molar-refractivity contribution in [3.05, 3.63) is 0 Å². The van der Waals surface area contributed by atoms with E-state index < -0.39 is 17.9 Å². The third-order valence-corrected chi connectivity index (χ3v) is 1.92. The van der Waals surface area contributed by atoms with Gasteiger partial charge in [0.05, 0.1) is 6.54 Å². The van der Waals surface area contributed by atoms with Crippen molar-refractivity contribution in [2.24, 2.45) is 5.92 Å². The van der Waals surface area contributed by atoms with Crippen LogP contribution in [-0.4, -0.2) is 42.0 Å². The van der Waals surface area contributed by atoms with Gasteiger partial charge in [-0.25, -0.2) is 4.79 Å². The zero-order chi connectivity index (χ0) is 12.7. The van der Waals surface area contributed by atoms with Gasteiger partial charge in [-0.05, 0) is 5.92 Å². The van der Waals surface area contributed by atoms with Crippen LogP contribution in [0.3, 0.4) is 0 Å². The number of carboxylic acids is 1. The Balaban J connectivity index is 0. The summed E-state index contributed by atoms with van der Waals surface area (Å²) in [6.07, 6.45) is 0. The second kappa shape index (κ2) is 8.77. The summed E-state index contributed by atoms with van der Waals surface area (Å²) in [5.74, 6) is -2.19. The fourth-order valence-electron chi connectivity index (χ4n) is 1.01. The van der Waals surface area contributed by atoms with Crippen LogP contribution in [0.1, 0.15) is 13.8 Å². The van der Waals surface area contributed by atoms with Crippen LogP contribution in [0.2, 0.25) is 0 Å². The van der Waals surface area contributed by atoms with Crippen LogP contribution in [0.15, 0.2) is 0 Å². The van der Waals surface area contributed by atoms with Crippen molar-refractivity contribution < 1.29 is 37.6 Å². The van der Waals surface area contributed by atoms with Crippen LogP contribution in [-0.2, 0) is 14.4 Å². The van der Waals surface area contributed by atoms with Gasteiger partial charge < -0.3 is 33.9 Å². The maximum atomic E-state index is 11.3. The Labute approximate surface area is 106 Å². The van der Waals surface area contributed by atoms with Crippen molar-refractivity contribution >= 4 is 17.8 Å². The fraction of sp³-hybridized carbons (Fsp3) is 0.667. The molecule has 7 nitrogen and oxygen atoms in total. The number of carbonyl (C=O) groups excluding carboxylic acids is 2. The normalized spacial score (nSPS) is 11.3. The molecular weight excluding hydrogens is 250 g/mol. The lowest BCUT2D eigenvalue weighted by atomic mass is 10.1. The summed E-state index contributed by atoms with van der Waals surface area (Å²) in [6.45, 7) is 3.19. The summed E-state index contributed by atoms with van der Waals surface area (Å²) in [5.41, 5.74) is 3.34. The molecule has 0 radical (unpaired) electrons. The number of quaternary nitrogens is 1. The minimum atomic E-state index is -1.09. The third-order valence-electron chi connectivity index (χ3n) is 1.92. The minimum absolute atomic E-state index is 0. The Kier molecular flexibility index (Phi) is 9.31. The number of aliphatic carboxylic acids is 1. The first kappa shape index (κ1) is 18.0. The summed E-state index contributed by atoms with van der Waals surface area (Å²) in [4.78, 5) is 32.8. The Bertz CT molecular complexity index is 283. The fourth-order valence-corrected chi connectivity index (χ4v) is 1.01. The highest BCUT2D eigenvalue weighted by atomic mass is 35.5. The molecule has 0 aliphatic carbocycles. The highest BCUT2D eigenvalue weighted by molar-refractivity contribution is 5.88. The second-order valence-electron chi connectivity index (χ2n) is 3.65. The van der Waals surface area contributed by atoms with Gasteiger partial charge in [0.2, 0.25) is 5.91 Å². The number of rotatable bonds is 6. The molecular formula is C9H18ClN3O4. The summed E-state index contributed by atoms with van der Waals surface area (Å²) < 4.78 is 0. The molecule has 0 aliphatic heterocycles. The largest absolute Gasteiger partial charge is 1.00 e. The van der Waals surface area contributed by atoms with Gasteiger partial charge >= 0.3 is 5.97 Å². The van der Waals surface area contributed by atoms with E-state index >= 15 is 0 Å². The molecule has 0 unspecified atom stereocenters. The first-order valence-corrected chi connectivity index (χ1v) is 4.96. The predicted octanol–water partition coefficient (Wildman–Crippen LogP) is -5.43. The predicted molar refractivity (Wildman–Crippen MR) is 55.2 cm³/mol. The molecule has 0 aromatic carbocycles. The second-order valence-corrected chi connectivity index (χ2v) is 3.65. The summed E-state index contributed by atoms with van der Waals surface area (Å²) in [7, 11) is 0. The van der Waals surface area contributed by atoms with Crippen LogP contribution in [0.5, 0.6) is 0 Å². The lowest BCUT2D eigenvalue weighted by Crippen LogP contribution is -3.00. The summed E-state index contributed by atoms with van der Waals surface area (Å²) in [6, 6.07) is -0.941. The van der Waals surface area contributed by atoms with Crippen LogP contribution in [0.25, 0.3) is 0 Å². The molecule has 0 rings (SSSR count). The van der Waals surface area contributed by atoms with E-state index in [0.29, 0.717) is 0 Å². The van der Waals surface area contributed by atoms with E-state index in [1.165, 1.54) is 0 Å². The standard InChI is InChI=1S/C9H17N3O4.ClH/c1-5(2)8(9(15)16)12-7(14)4-11-6(13)3-10;/h5,8H,3-4,10H2,1-2H3,(H,11,13)(H,12,14)(H,15,16);1H/t8-;/m0./s1. The SMILES string of the molecule is CC(C)[C@H](NC(=O)CNC(=O)C[NH3+])C(=O)O.[Cl-]. The van der Waals surface area contributed by atoms with Gasteiger partial charge in [0.1, 0.15) is 6.04 Å². The van der Waals surface area contributed by atoms with E-state index in [4.69, 9.17) is 5.11 Å². The number of hydrogen-bond acceptors (Lipinski definition) is 3. The van der Waals surface area contributed by atoms with Gasteiger partial charge in [0.15, 0.2) is 6.54 Å². The molecule has 0 aromatic heterocycles. The van der Waals surface area contributed by atoms with E-state index in [1.54, 1.807) is 13.8 Å².